The number of phenolic OH excluding ortho intramolecular Hbond substituents is 1. The summed E-state index contributed by atoms with van der Waals surface area (Å²) in [6, 6.07) is 10.5. The Bertz CT molecular complexity index is 917. The van der Waals surface area contributed by atoms with Gasteiger partial charge in [-0.3, -0.25) is 14.5 Å². The van der Waals surface area contributed by atoms with E-state index in [9.17, 15) is 14.7 Å². The van der Waals surface area contributed by atoms with E-state index in [-0.39, 0.29) is 22.4 Å². The number of benzene rings is 2. The molecular formula is C17H10Br2ClNO3S. The van der Waals surface area contributed by atoms with Gasteiger partial charge in [0.05, 0.1) is 15.9 Å². The summed E-state index contributed by atoms with van der Waals surface area (Å²) in [4.78, 5) is 26.2. The van der Waals surface area contributed by atoms with Gasteiger partial charge in [0.15, 0.2) is 0 Å². The number of imide groups is 1. The SMILES string of the molecule is O=C1S/C(=C\c2cc(Cl)cc(Br)c2O)C(=O)N1Cc1ccccc1Br. The van der Waals surface area contributed by atoms with Crippen LogP contribution in [0.25, 0.3) is 6.08 Å². The standard InChI is InChI=1S/C17H10Br2ClNO3S/c18-12-4-2-1-3-9(12)8-21-16(23)14(25-17(21)24)6-10-5-11(20)7-13(19)15(10)22/h1-7,22H,8H2/b14-6-. The van der Waals surface area contributed by atoms with Crippen LogP contribution in [-0.4, -0.2) is 21.2 Å². The minimum atomic E-state index is -0.402. The van der Waals surface area contributed by atoms with E-state index in [0.29, 0.717) is 15.1 Å². The number of hydrogen-bond acceptors (Lipinski definition) is 4. The van der Waals surface area contributed by atoms with E-state index in [1.807, 2.05) is 24.3 Å². The van der Waals surface area contributed by atoms with Crippen LogP contribution in [0, 0.1) is 0 Å². The third-order valence-corrected chi connectivity index (χ3v) is 6.01. The lowest BCUT2D eigenvalue weighted by Gasteiger charge is -2.13. The second-order valence-corrected chi connectivity index (χ2v) is 8.32. The van der Waals surface area contributed by atoms with Gasteiger partial charge < -0.3 is 5.11 Å². The molecule has 3 rings (SSSR count). The molecule has 0 atom stereocenters. The molecule has 1 heterocycles. The first-order valence-corrected chi connectivity index (χ1v) is 9.81. The summed E-state index contributed by atoms with van der Waals surface area (Å²) >= 11 is 13.4. The summed E-state index contributed by atoms with van der Waals surface area (Å²) in [6.07, 6.45) is 1.47. The summed E-state index contributed by atoms with van der Waals surface area (Å²) in [5, 5.41) is 10.1. The van der Waals surface area contributed by atoms with Gasteiger partial charge in [0.1, 0.15) is 5.75 Å². The third-order valence-electron chi connectivity index (χ3n) is 3.50. The van der Waals surface area contributed by atoms with Crippen molar-refractivity contribution in [3.05, 3.63) is 66.4 Å². The number of aromatic hydroxyl groups is 1. The zero-order chi connectivity index (χ0) is 18.1. The second kappa shape index (κ2) is 7.53. The Labute approximate surface area is 170 Å². The van der Waals surface area contributed by atoms with E-state index < -0.39 is 5.91 Å². The van der Waals surface area contributed by atoms with Crippen LogP contribution in [0.4, 0.5) is 4.79 Å². The Balaban J connectivity index is 1.90. The number of carbonyl (C=O) groups excluding carboxylic acids is 2. The van der Waals surface area contributed by atoms with Gasteiger partial charge in [-0.1, -0.05) is 45.7 Å². The molecule has 1 aliphatic rings. The predicted molar refractivity (Wildman–Crippen MR) is 106 cm³/mol. The van der Waals surface area contributed by atoms with Crippen molar-refractivity contribution in [3.8, 4) is 5.75 Å². The van der Waals surface area contributed by atoms with Crippen LogP contribution >= 0.6 is 55.2 Å². The van der Waals surface area contributed by atoms with E-state index in [0.717, 1.165) is 21.8 Å². The number of phenols is 1. The molecular weight excluding hydrogens is 494 g/mol. The molecule has 0 bridgehead atoms. The smallest absolute Gasteiger partial charge is 0.293 e. The molecule has 1 fully saturated rings. The summed E-state index contributed by atoms with van der Waals surface area (Å²) in [7, 11) is 0. The number of halogens is 3. The van der Waals surface area contributed by atoms with Crippen LogP contribution in [0.3, 0.4) is 0 Å². The van der Waals surface area contributed by atoms with E-state index >= 15 is 0 Å². The molecule has 128 valence electrons. The van der Waals surface area contributed by atoms with Crippen LogP contribution in [-0.2, 0) is 11.3 Å². The number of carbonyl (C=O) groups is 2. The molecule has 4 nitrogen and oxygen atoms in total. The zero-order valence-electron chi connectivity index (χ0n) is 12.5. The molecule has 2 aromatic carbocycles. The molecule has 0 spiro atoms. The maximum atomic E-state index is 12.6. The number of rotatable bonds is 3. The summed E-state index contributed by atoms with van der Waals surface area (Å²) < 4.78 is 1.24. The van der Waals surface area contributed by atoms with E-state index in [1.54, 1.807) is 6.07 Å². The summed E-state index contributed by atoms with van der Waals surface area (Å²) in [5.41, 5.74) is 1.20. The van der Waals surface area contributed by atoms with Crippen molar-refractivity contribution in [3.63, 3.8) is 0 Å². The quantitative estimate of drug-likeness (QED) is 0.538. The Hall–Kier alpha value is -1.28. The average molecular weight is 504 g/mol. The highest BCUT2D eigenvalue weighted by atomic mass is 79.9. The van der Waals surface area contributed by atoms with Crippen molar-refractivity contribution >= 4 is 72.4 Å². The molecule has 0 aromatic heterocycles. The molecule has 2 amide bonds. The summed E-state index contributed by atoms with van der Waals surface area (Å²) in [5.74, 6) is -0.441. The number of thioether (sulfide) groups is 1. The number of nitrogens with zero attached hydrogens (tertiary/aromatic N) is 1. The third kappa shape index (κ3) is 3.95. The van der Waals surface area contributed by atoms with Gasteiger partial charge in [0.25, 0.3) is 11.1 Å². The van der Waals surface area contributed by atoms with Crippen molar-refractivity contribution in [2.45, 2.75) is 6.54 Å². The molecule has 1 saturated heterocycles. The fourth-order valence-corrected chi connectivity index (χ4v) is 4.34. The normalized spacial score (nSPS) is 16.1. The molecule has 0 radical (unpaired) electrons. The van der Waals surface area contributed by atoms with E-state index in [1.165, 1.54) is 17.0 Å². The van der Waals surface area contributed by atoms with Crippen molar-refractivity contribution in [1.82, 2.24) is 4.90 Å². The number of amides is 2. The minimum absolute atomic E-state index is 0.0398. The van der Waals surface area contributed by atoms with Crippen molar-refractivity contribution < 1.29 is 14.7 Å². The highest BCUT2D eigenvalue weighted by Gasteiger charge is 2.35. The largest absolute Gasteiger partial charge is 0.506 e. The van der Waals surface area contributed by atoms with Gasteiger partial charge in [-0.05, 0) is 57.5 Å². The first-order valence-electron chi connectivity index (χ1n) is 7.03. The Morgan fingerprint density at radius 1 is 1.16 bits per heavy atom. The molecule has 0 saturated carbocycles. The van der Waals surface area contributed by atoms with Crippen LogP contribution in [0.5, 0.6) is 5.75 Å². The van der Waals surface area contributed by atoms with E-state index in [2.05, 4.69) is 31.9 Å². The van der Waals surface area contributed by atoms with Crippen LogP contribution in [0.1, 0.15) is 11.1 Å². The van der Waals surface area contributed by atoms with Crippen molar-refractivity contribution in [2.24, 2.45) is 0 Å². The molecule has 1 N–H and O–H groups in total. The molecule has 8 heteroatoms. The first-order chi connectivity index (χ1) is 11.9. The first kappa shape index (κ1) is 18.5. The Kier molecular flexibility index (Phi) is 5.58. The van der Waals surface area contributed by atoms with Crippen LogP contribution < -0.4 is 0 Å². The summed E-state index contributed by atoms with van der Waals surface area (Å²) in [6.45, 7) is 0.175. The lowest BCUT2D eigenvalue weighted by molar-refractivity contribution is -0.123. The molecule has 25 heavy (non-hydrogen) atoms. The lowest BCUT2D eigenvalue weighted by atomic mass is 10.1. The van der Waals surface area contributed by atoms with Gasteiger partial charge in [-0.15, -0.1) is 0 Å². The fraction of sp³-hybridized carbons (Fsp3) is 0.0588. The maximum absolute atomic E-state index is 12.6. The topological polar surface area (TPSA) is 57.6 Å². The van der Waals surface area contributed by atoms with Crippen molar-refractivity contribution in [1.29, 1.82) is 0 Å². The molecule has 0 unspecified atom stereocenters. The van der Waals surface area contributed by atoms with Crippen LogP contribution in [0.2, 0.25) is 5.02 Å². The second-order valence-electron chi connectivity index (χ2n) is 5.18. The maximum Gasteiger partial charge on any atom is 0.293 e. The average Bonchev–Trinajstić information content (AvgIpc) is 2.81. The monoisotopic (exact) mass is 501 g/mol. The van der Waals surface area contributed by atoms with E-state index in [4.69, 9.17) is 11.6 Å². The van der Waals surface area contributed by atoms with Crippen molar-refractivity contribution in [2.75, 3.05) is 0 Å². The highest BCUT2D eigenvalue weighted by molar-refractivity contribution is 9.10. The Morgan fingerprint density at radius 3 is 2.60 bits per heavy atom. The molecule has 0 aliphatic carbocycles. The van der Waals surface area contributed by atoms with Gasteiger partial charge >= 0.3 is 0 Å². The van der Waals surface area contributed by atoms with Gasteiger partial charge in [-0.25, -0.2) is 0 Å². The van der Waals surface area contributed by atoms with Gasteiger partial charge in [-0.2, -0.15) is 0 Å². The molecule has 1 aliphatic heterocycles. The lowest BCUT2D eigenvalue weighted by Crippen LogP contribution is -2.27. The number of hydrogen-bond donors (Lipinski definition) is 1. The van der Waals surface area contributed by atoms with Gasteiger partial charge in [0.2, 0.25) is 0 Å². The Morgan fingerprint density at radius 2 is 1.88 bits per heavy atom. The zero-order valence-corrected chi connectivity index (χ0v) is 17.2. The predicted octanol–water partition coefficient (Wildman–Crippen LogP) is 5.81. The highest BCUT2D eigenvalue weighted by Crippen LogP contribution is 2.38. The van der Waals surface area contributed by atoms with Crippen LogP contribution in [0.15, 0.2) is 50.2 Å². The molecule has 2 aromatic rings. The fourth-order valence-electron chi connectivity index (χ4n) is 2.27. The minimum Gasteiger partial charge on any atom is -0.506 e. The van der Waals surface area contributed by atoms with Gasteiger partial charge in [0, 0.05) is 15.1 Å².